The molecule has 2 aromatic rings. The number of anilines is 1. The molecule has 1 unspecified atom stereocenters. The van der Waals surface area contributed by atoms with Crippen LogP contribution in [0.25, 0.3) is 0 Å². The minimum Gasteiger partial charge on any atom is -0.369 e. The van der Waals surface area contributed by atoms with Crippen LogP contribution in [0.3, 0.4) is 0 Å². The summed E-state index contributed by atoms with van der Waals surface area (Å²) >= 11 is 0. The molecule has 2 aliphatic rings. The van der Waals surface area contributed by atoms with E-state index in [1.807, 2.05) is 4.90 Å². The Morgan fingerprint density at radius 2 is 1.87 bits per heavy atom. The number of hydrogen-bond acceptors (Lipinski definition) is 5. The molecule has 8 nitrogen and oxygen atoms in total. The SMILES string of the molecule is O=C(c1cc(N2CCCC(n3ccc(C(F)(F)F)n3)C2)ccc1[N+](=O)[O-])N1CCCC1. The van der Waals surface area contributed by atoms with E-state index in [4.69, 9.17) is 0 Å². The molecule has 0 bridgehead atoms. The zero-order valence-corrected chi connectivity index (χ0v) is 16.7. The summed E-state index contributed by atoms with van der Waals surface area (Å²) < 4.78 is 40.0. The van der Waals surface area contributed by atoms with Crippen LogP contribution < -0.4 is 4.90 Å². The molecule has 1 atom stereocenters. The molecule has 2 fully saturated rings. The van der Waals surface area contributed by atoms with Gasteiger partial charge in [0.25, 0.3) is 11.6 Å². The summed E-state index contributed by atoms with van der Waals surface area (Å²) in [6.45, 7) is 2.19. The van der Waals surface area contributed by atoms with Gasteiger partial charge < -0.3 is 9.80 Å². The molecule has 2 aliphatic heterocycles. The number of halogens is 3. The lowest BCUT2D eigenvalue weighted by Crippen LogP contribution is -2.37. The van der Waals surface area contributed by atoms with E-state index in [-0.39, 0.29) is 23.2 Å². The third-order valence-corrected chi connectivity index (χ3v) is 5.84. The molecule has 0 spiro atoms. The van der Waals surface area contributed by atoms with Crippen LogP contribution >= 0.6 is 0 Å². The van der Waals surface area contributed by atoms with Crippen molar-refractivity contribution >= 4 is 17.3 Å². The van der Waals surface area contributed by atoms with Crippen molar-refractivity contribution in [3.8, 4) is 0 Å². The van der Waals surface area contributed by atoms with Crippen LogP contribution in [0.2, 0.25) is 0 Å². The van der Waals surface area contributed by atoms with Gasteiger partial charge in [0, 0.05) is 44.1 Å². The molecule has 31 heavy (non-hydrogen) atoms. The molecule has 166 valence electrons. The van der Waals surface area contributed by atoms with Crippen molar-refractivity contribution in [2.45, 2.75) is 37.9 Å². The Hall–Kier alpha value is -3.11. The number of likely N-dealkylation sites (tertiary alicyclic amines) is 1. The second-order valence-corrected chi connectivity index (χ2v) is 7.88. The van der Waals surface area contributed by atoms with Crippen molar-refractivity contribution in [2.75, 3.05) is 31.1 Å². The Morgan fingerprint density at radius 3 is 2.52 bits per heavy atom. The second kappa shape index (κ2) is 8.20. The third kappa shape index (κ3) is 4.35. The number of nitrogens with zero attached hydrogens (tertiary/aromatic N) is 5. The number of benzene rings is 1. The molecule has 2 saturated heterocycles. The molecule has 0 radical (unpaired) electrons. The van der Waals surface area contributed by atoms with Crippen molar-refractivity contribution in [2.24, 2.45) is 0 Å². The van der Waals surface area contributed by atoms with Gasteiger partial charge in [-0.15, -0.1) is 0 Å². The predicted octanol–water partition coefficient (Wildman–Crippen LogP) is 3.89. The van der Waals surface area contributed by atoms with E-state index in [1.54, 1.807) is 11.0 Å². The van der Waals surface area contributed by atoms with E-state index < -0.39 is 16.8 Å². The van der Waals surface area contributed by atoms with Crippen LogP contribution in [0.15, 0.2) is 30.5 Å². The highest BCUT2D eigenvalue weighted by Gasteiger charge is 2.35. The largest absolute Gasteiger partial charge is 0.435 e. The number of carbonyl (C=O) groups is 1. The molecule has 3 heterocycles. The Labute approximate surface area is 176 Å². The number of nitro benzene ring substituents is 1. The Bertz CT molecular complexity index is 985. The van der Waals surface area contributed by atoms with Crippen molar-refractivity contribution in [1.29, 1.82) is 0 Å². The summed E-state index contributed by atoms with van der Waals surface area (Å²) in [5.74, 6) is -0.360. The van der Waals surface area contributed by atoms with E-state index in [1.165, 1.54) is 23.0 Å². The molecule has 1 amide bonds. The highest BCUT2D eigenvalue weighted by molar-refractivity contribution is 5.99. The number of piperidine rings is 1. The quantitative estimate of drug-likeness (QED) is 0.535. The maximum absolute atomic E-state index is 12.9. The maximum atomic E-state index is 12.9. The average molecular weight is 437 g/mol. The number of aromatic nitrogens is 2. The minimum absolute atomic E-state index is 0.0463. The van der Waals surface area contributed by atoms with E-state index in [9.17, 15) is 28.1 Å². The maximum Gasteiger partial charge on any atom is 0.435 e. The van der Waals surface area contributed by atoms with Gasteiger partial charge >= 0.3 is 6.18 Å². The van der Waals surface area contributed by atoms with Gasteiger partial charge in [-0.25, -0.2) is 0 Å². The van der Waals surface area contributed by atoms with Crippen molar-refractivity contribution in [3.05, 3.63) is 51.8 Å². The van der Waals surface area contributed by atoms with E-state index in [0.29, 0.717) is 38.3 Å². The number of rotatable bonds is 4. The topological polar surface area (TPSA) is 84.5 Å². The first-order valence-corrected chi connectivity index (χ1v) is 10.2. The van der Waals surface area contributed by atoms with Gasteiger partial charge in [-0.2, -0.15) is 18.3 Å². The summed E-state index contributed by atoms with van der Waals surface area (Å²) in [5.41, 5.74) is -0.486. The van der Waals surface area contributed by atoms with Crippen molar-refractivity contribution < 1.29 is 22.9 Å². The van der Waals surface area contributed by atoms with Crippen LogP contribution in [0.4, 0.5) is 24.5 Å². The molecule has 0 saturated carbocycles. The highest BCUT2D eigenvalue weighted by atomic mass is 19.4. The molecule has 1 aromatic heterocycles. The fourth-order valence-corrected chi connectivity index (χ4v) is 4.24. The standard InChI is InChI=1S/C20H22F3N5O3/c21-20(22,23)18-7-11-27(24-18)15-4-3-10-26(13-15)14-5-6-17(28(30)31)16(12-14)19(29)25-8-1-2-9-25/h5-7,11-12,15H,1-4,8-10,13H2. The monoisotopic (exact) mass is 437 g/mol. The van der Waals surface area contributed by atoms with E-state index >= 15 is 0 Å². The highest BCUT2D eigenvalue weighted by Crippen LogP contribution is 2.32. The van der Waals surface area contributed by atoms with Gasteiger partial charge in [-0.05, 0) is 43.9 Å². The first kappa shape index (κ1) is 21.1. The average Bonchev–Trinajstić information content (AvgIpc) is 3.45. The van der Waals surface area contributed by atoms with Crippen LogP contribution in [0.5, 0.6) is 0 Å². The summed E-state index contributed by atoms with van der Waals surface area (Å²) in [7, 11) is 0. The first-order chi connectivity index (χ1) is 14.7. The molecule has 1 aromatic carbocycles. The minimum atomic E-state index is -4.50. The smallest absolute Gasteiger partial charge is 0.369 e. The summed E-state index contributed by atoms with van der Waals surface area (Å²) in [6, 6.07) is 5.14. The third-order valence-electron chi connectivity index (χ3n) is 5.84. The van der Waals surface area contributed by atoms with Crippen LogP contribution in [0.1, 0.15) is 47.8 Å². The van der Waals surface area contributed by atoms with Gasteiger partial charge in [0.1, 0.15) is 5.56 Å². The lowest BCUT2D eigenvalue weighted by molar-refractivity contribution is -0.385. The molecule has 4 rings (SSSR count). The molecular weight excluding hydrogens is 415 g/mol. The zero-order chi connectivity index (χ0) is 22.2. The molecule has 11 heteroatoms. The lowest BCUT2D eigenvalue weighted by Gasteiger charge is -2.34. The van der Waals surface area contributed by atoms with E-state index in [0.717, 1.165) is 25.3 Å². The molecule has 0 N–H and O–H groups in total. The number of carbonyl (C=O) groups excluding carboxylic acids is 1. The number of nitro groups is 1. The Kier molecular flexibility index (Phi) is 5.59. The zero-order valence-electron chi connectivity index (χ0n) is 16.7. The van der Waals surface area contributed by atoms with E-state index in [2.05, 4.69) is 5.10 Å². The van der Waals surface area contributed by atoms with Gasteiger partial charge in [0.05, 0.1) is 11.0 Å². The summed E-state index contributed by atoms with van der Waals surface area (Å²) in [4.78, 5) is 27.3. The first-order valence-electron chi connectivity index (χ1n) is 10.2. The summed E-state index contributed by atoms with van der Waals surface area (Å²) in [5, 5.41) is 15.2. The van der Waals surface area contributed by atoms with Crippen LogP contribution in [0, 0.1) is 10.1 Å². The van der Waals surface area contributed by atoms with Gasteiger partial charge in [0.15, 0.2) is 5.69 Å². The number of alkyl halides is 3. The lowest BCUT2D eigenvalue weighted by atomic mass is 10.0. The van der Waals surface area contributed by atoms with Crippen molar-refractivity contribution in [3.63, 3.8) is 0 Å². The second-order valence-electron chi connectivity index (χ2n) is 7.88. The summed E-state index contributed by atoms with van der Waals surface area (Å²) in [6.07, 6.45) is -0.0358. The van der Waals surface area contributed by atoms with Gasteiger partial charge in [-0.3, -0.25) is 19.6 Å². The van der Waals surface area contributed by atoms with Crippen LogP contribution in [-0.2, 0) is 6.18 Å². The van der Waals surface area contributed by atoms with Gasteiger partial charge in [0.2, 0.25) is 0 Å². The number of hydrogen-bond donors (Lipinski definition) is 0. The Balaban J connectivity index is 1.58. The van der Waals surface area contributed by atoms with Crippen molar-refractivity contribution in [1.82, 2.24) is 14.7 Å². The fourth-order valence-electron chi connectivity index (χ4n) is 4.24. The fraction of sp³-hybridized carbons (Fsp3) is 0.500. The normalized spacial score (nSPS) is 19.6. The van der Waals surface area contributed by atoms with Crippen LogP contribution in [-0.4, -0.2) is 51.7 Å². The van der Waals surface area contributed by atoms with Gasteiger partial charge in [-0.1, -0.05) is 0 Å². The Morgan fingerprint density at radius 1 is 1.13 bits per heavy atom. The predicted molar refractivity (Wildman–Crippen MR) is 106 cm³/mol. The molecule has 0 aliphatic carbocycles. The number of amides is 1. The molecular formula is C20H22F3N5O3.